The second kappa shape index (κ2) is 10.4. The Kier molecular flexibility index (Phi) is 8.55. The van der Waals surface area contributed by atoms with Crippen molar-refractivity contribution in [3.05, 3.63) is 41.5 Å². The highest BCUT2D eigenvalue weighted by molar-refractivity contribution is 5.95. The van der Waals surface area contributed by atoms with Crippen LogP contribution < -0.4 is 16.3 Å². The van der Waals surface area contributed by atoms with Gasteiger partial charge >= 0.3 is 0 Å². The number of hydroxylamine groups is 1. The van der Waals surface area contributed by atoms with Gasteiger partial charge in [0.15, 0.2) is 5.78 Å². The average molecular weight is 367 g/mol. The molecule has 10 nitrogen and oxygen atoms in total. The molecule has 0 fully saturated rings. The topological polar surface area (TPSA) is 168 Å². The number of hydrazine groups is 1. The maximum absolute atomic E-state index is 12.0. The van der Waals surface area contributed by atoms with E-state index in [0.29, 0.717) is 5.56 Å². The number of ketones is 1. The third kappa shape index (κ3) is 6.70. The van der Waals surface area contributed by atoms with Crippen LogP contribution in [0.5, 0.6) is 0 Å². The molecular weight excluding hydrogens is 346 g/mol. The quantitative estimate of drug-likeness (QED) is 0.151. The highest BCUT2D eigenvalue weighted by Gasteiger charge is 2.27. The Bertz CT molecular complexity index is 676. The standard InChI is InChI=1S/C16H21N3O7/c1-9(20)14(23)15(24)12(21)8-17-18-16(25)11-4-2-3-10(7-11)5-6-13(22)19-26/h2-7,9,14-15,17,20,23-24,26H,8H2,1H3,(H,18,25)(H,19,22)/b6-5+. The molecule has 0 radical (unpaired) electrons. The van der Waals surface area contributed by atoms with Gasteiger partial charge in [-0.2, -0.15) is 0 Å². The highest BCUT2D eigenvalue weighted by atomic mass is 16.5. The summed E-state index contributed by atoms with van der Waals surface area (Å²) in [5.41, 5.74) is 6.75. The highest BCUT2D eigenvalue weighted by Crippen LogP contribution is 2.07. The largest absolute Gasteiger partial charge is 0.391 e. The Morgan fingerprint density at radius 3 is 2.50 bits per heavy atom. The van der Waals surface area contributed by atoms with E-state index in [9.17, 15) is 24.6 Å². The lowest BCUT2D eigenvalue weighted by molar-refractivity contribution is -0.136. The Balaban J connectivity index is 2.57. The molecule has 1 rings (SSSR count). The number of Topliss-reactive ketones (excluding diaryl/α,β-unsaturated/α-hetero) is 1. The van der Waals surface area contributed by atoms with E-state index in [4.69, 9.17) is 10.3 Å². The summed E-state index contributed by atoms with van der Waals surface area (Å²) in [6.45, 7) is 0.759. The summed E-state index contributed by atoms with van der Waals surface area (Å²) in [6.07, 6.45) is -2.24. The number of amides is 2. The molecule has 0 heterocycles. The smallest absolute Gasteiger partial charge is 0.267 e. The number of aliphatic hydroxyl groups excluding tert-OH is 3. The van der Waals surface area contributed by atoms with E-state index in [1.807, 2.05) is 0 Å². The second-order valence-corrected chi connectivity index (χ2v) is 5.38. The van der Waals surface area contributed by atoms with Crippen LogP contribution >= 0.6 is 0 Å². The molecule has 26 heavy (non-hydrogen) atoms. The molecule has 0 aliphatic carbocycles. The van der Waals surface area contributed by atoms with Crippen LogP contribution in [-0.2, 0) is 9.59 Å². The van der Waals surface area contributed by atoms with Crippen LogP contribution in [0, 0.1) is 0 Å². The summed E-state index contributed by atoms with van der Waals surface area (Å²) in [4.78, 5) is 34.6. The van der Waals surface area contributed by atoms with Gasteiger partial charge in [-0.1, -0.05) is 12.1 Å². The minimum Gasteiger partial charge on any atom is -0.391 e. The Hall–Kier alpha value is -2.63. The number of hydrogen-bond donors (Lipinski definition) is 7. The molecule has 2 amide bonds. The minimum atomic E-state index is -1.79. The number of benzene rings is 1. The van der Waals surface area contributed by atoms with E-state index in [1.54, 1.807) is 12.1 Å². The van der Waals surface area contributed by atoms with Gasteiger partial charge in [-0.25, -0.2) is 10.9 Å². The van der Waals surface area contributed by atoms with Gasteiger partial charge in [0.2, 0.25) is 0 Å². The normalized spacial score (nSPS) is 14.5. The van der Waals surface area contributed by atoms with Gasteiger partial charge in [0.05, 0.1) is 12.6 Å². The van der Waals surface area contributed by atoms with E-state index in [0.717, 1.165) is 6.08 Å². The van der Waals surface area contributed by atoms with Crippen LogP contribution in [0.15, 0.2) is 30.3 Å². The molecule has 0 bridgehead atoms. The van der Waals surface area contributed by atoms with Crippen molar-refractivity contribution in [1.29, 1.82) is 0 Å². The molecule has 0 saturated carbocycles. The van der Waals surface area contributed by atoms with E-state index < -0.39 is 42.5 Å². The zero-order valence-electron chi connectivity index (χ0n) is 13.9. The van der Waals surface area contributed by atoms with Crippen molar-refractivity contribution in [1.82, 2.24) is 16.3 Å². The molecule has 0 aromatic heterocycles. The molecule has 0 aliphatic heterocycles. The molecule has 0 spiro atoms. The maximum atomic E-state index is 12.0. The molecule has 0 aliphatic rings. The first-order chi connectivity index (χ1) is 12.3. The SMILES string of the molecule is CC(O)C(O)C(O)C(=O)CNNC(=O)c1cccc(/C=C/C(=O)NO)c1. The molecule has 1 aromatic rings. The van der Waals surface area contributed by atoms with E-state index in [-0.39, 0.29) is 5.56 Å². The molecular formula is C16H21N3O7. The fraction of sp³-hybridized carbons (Fsp3) is 0.312. The zero-order valence-corrected chi connectivity index (χ0v) is 13.9. The van der Waals surface area contributed by atoms with Crippen molar-refractivity contribution in [2.75, 3.05) is 6.54 Å². The van der Waals surface area contributed by atoms with Gasteiger partial charge in [-0.05, 0) is 30.7 Å². The van der Waals surface area contributed by atoms with Crippen molar-refractivity contribution in [3.8, 4) is 0 Å². The van der Waals surface area contributed by atoms with Crippen molar-refractivity contribution in [2.24, 2.45) is 0 Å². The van der Waals surface area contributed by atoms with Gasteiger partial charge in [0, 0.05) is 11.6 Å². The van der Waals surface area contributed by atoms with Crippen LogP contribution in [-0.4, -0.2) is 63.0 Å². The Labute approximate surface area is 149 Å². The molecule has 7 N–H and O–H groups in total. The predicted octanol–water partition coefficient (Wildman–Crippen LogP) is -1.89. The molecule has 142 valence electrons. The summed E-state index contributed by atoms with van der Waals surface area (Å²) in [7, 11) is 0. The molecule has 3 atom stereocenters. The van der Waals surface area contributed by atoms with Gasteiger partial charge in [0.1, 0.15) is 12.2 Å². The van der Waals surface area contributed by atoms with Gasteiger partial charge in [-0.15, -0.1) is 0 Å². The number of rotatable bonds is 9. The number of carbonyl (C=O) groups is 3. The van der Waals surface area contributed by atoms with Gasteiger partial charge in [0.25, 0.3) is 11.8 Å². The predicted molar refractivity (Wildman–Crippen MR) is 89.6 cm³/mol. The second-order valence-electron chi connectivity index (χ2n) is 5.38. The van der Waals surface area contributed by atoms with Crippen LogP contribution in [0.1, 0.15) is 22.8 Å². The molecule has 1 aromatic carbocycles. The van der Waals surface area contributed by atoms with Crippen LogP contribution in [0.25, 0.3) is 6.08 Å². The molecule has 10 heteroatoms. The lowest BCUT2D eigenvalue weighted by Gasteiger charge is -2.19. The van der Waals surface area contributed by atoms with E-state index in [2.05, 4.69) is 10.9 Å². The Morgan fingerprint density at radius 2 is 1.88 bits per heavy atom. The van der Waals surface area contributed by atoms with Gasteiger partial charge in [-0.3, -0.25) is 25.0 Å². The summed E-state index contributed by atoms with van der Waals surface area (Å²) < 4.78 is 0. The van der Waals surface area contributed by atoms with E-state index in [1.165, 1.54) is 30.6 Å². The average Bonchev–Trinajstić information content (AvgIpc) is 2.64. The van der Waals surface area contributed by atoms with Crippen molar-refractivity contribution in [2.45, 2.75) is 25.2 Å². The first-order valence-electron chi connectivity index (χ1n) is 7.58. The van der Waals surface area contributed by atoms with Crippen molar-refractivity contribution < 1.29 is 34.9 Å². The number of hydrogen-bond acceptors (Lipinski definition) is 8. The first kappa shape index (κ1) is 21.4. The fourth-order valence-electron chi connectivity index (χ4n) is 1.84. The minimum absolute atomic E-state index is 0.223. The van der Waals surface area contributed by atoms with Crippen LogP contribution in [0.4, 0.5) is 0 Å². The number of aliphatic hydroxyl groups is 3. The van der Waals surface area contributed by atoms with Gasteiger partial charge < -0.3 is 15.3 Å². The summed E-state index contributed by atoms with van der Waals surface area (Å²) in [5.74, 6) is -2.12. The number of nitrogens with one attached hydrogen (secondary N) is 3. The number of carbonyl (C=O) groups excluding carboxylic acids is 3. The van der Waals surface area contributed by atoms with Crippen LogP contribution in [0.2, 0.25) is 0 Å². The molecule has 0 saturated heterocycles. The van der Waals surface area contributed by atoms with Crippen molar-refractivity contribution >= 4 is 23.7 Å². The summed E-state index contributed by atoms with van der Waals surface area (Å²) in [5, 5.41) is 36.5. The Morgan fingerprint density at radius 1 is 1.19 bits per heavy atom. The summed E-state index contributed by atoms with van der Waals surface area (Å²) in [6, 6.07) is 6.16. The van der Waals surface area contributed by atoms with Crippen molar-refractivity contribution in [3.63, 3.8) is 0 Å². The molecule has 3 unspecified atom stereocenters. The third-order valence-corrected chi connectivity index (χ3v) is 3.30. The summed E-state index contributed by atoms with van der Waals surface area (Å²) >= 11 is 0. The lowest BCUT2D eigenvalue weighted by Crippen LogP contribution is -2.48. The first-order valence-corrected chi connectivity index (χ1v) is 7.58. The van der Waals surface area contributed by atoms with E-state index >= 15 is 0 Å². The van der Waals surface area contributed by atoms with Crippen LogP contribution in [0.3, 0.4) is 0 Å². The maximum Gasteiger partial charge on any atom is 0.267 e. The lowest BCUT2D eigenvalue weighted by atomic mass is 10.1. The third-order valence-electron chi connectivity index (χ3n) is 3.30. The fourth-order valence-corrected chi connectivity index (χ4v) is 1.84. The monoisotopic (exact) mass is 367 g/mol. The zero-order chi connectivity index (χ0) is 19.7.